The maximum absolute atomic E-state index is 5.33. The fourth-order valence-corrected chi connectivity index (χ4v) is 0.477. The van der Waals surface area contributed by atoms with Crippen molar-refractivity contribution in [1.29, 1.82) is 0 Å². The Kier molecular flexibility index (Phi) is 4.42. The first kappa shape index (κ1) is 8.34. The first-order valence-electron chi connectivity index (χ1n) is 2.27. The number of nitrogens with one attached hydrogen (secondary N) is 1. The molecule has 0 aliphatic carbocycles. The van der Waals surface area contributed by atoms with Gasteiger partial charge in [-0.1, -0.05) is 6.08 Å². The zero-order chi connectivity index (χ0) is 5.11. The SMILES string of the molecule is NC1=CCC=CN1.[Ca+2].[H-].[H-]. The second kappa shape index (κ2) is 4.24. The summed E-state index contributed by atoms with van der Waals surface area (Å²) in [4.78, 5) is 0. The molecule has 8 heavy (non-hydrogen) atoms. The van der Waals surface area contributed by atoms with Crippen LogP contribution in [0.4, 0.5) is 0 Å². The fraction of sp³-hybridized carbons (Fsp3) is 0.200. The van der Waals surface area contributed by atoms with E-state index in [-0.39, 0.29) is 40.6 Å². The van der Waals surface area contributed by atoms with Gasteiger partial charge < -0.3 is 13.9 Å². The molecule has 0 saturated heterocycles. The number of rotatable bonds is 0. The summed E-state index contributed by atoms with van der Waals surface area (Å²) >= 11 is 0. The van der Waals surface area contributed by atoms with Crippen LogP contribution in [0.3, 0.4) is 0 Å². The second-order valence-electron chi connectivity index (χ2n) is 1.44. The average molecular weight is 138 g/mol. The van der Waals surface area contributed by atoms with Crippen LogP contribution in [0.15, 0.2) is 24.2 Å². The van der Waals surface area contributed by atoms with Crippen molar-refractivity contribution >= 4 is 37.7 Å². The molecular formula is C5H10CaN2. The van der Waals surface area contributed by atoms with Gasteiger partial charge in [0.1, 0.15) is 0 Å². The molecule has 0 fully saturated rings. The van der Waals surface area contributed by atoms with Crippen LogP contribution in [0.2, 0.25) is 0 Å². The molecule has 1 aliphatic heterocycles. The average Bonchev–Trinajstić information content (AvgIpc) is 1.69. The first-order chi connectivity index (χ1) is 3.39. The van der Waals surface area contributed by atoms with Crippen LogP contribution < -0.4 is 11.1 Å². The van der Waals surface area contributed by atoms with Crippen molar-refractivity contribution < 1.29 is 2.85 Å². The van der Waals surface area contributed by atoms with Gasteiger partial charge in [0.2, 0.25) is 0 Å². The summed E-state index contributed by atoms with van der Waals surface area (Å²) in [6, 6.07) is 0. The Morgan fingerprint density at radius 2 is 2.50 bits per heavy atom. The number of hydrogen-bond acceptors (Lipinski definition) is 2. The minimum absolute atomic E-state index is 0. The molecular weight excluding hydrogens is 128 g/mol. The topological polar surface area (TPSA) is 38.0 Å². The third-order valence-corrected chi connectivity index (χ3v) is 0.842. The number of hydrogen-bond donors (Lipinski definition) is 2. The molecule has 0 radical (unpaired) electrons. The number of dihydropyridines is 1. The molecule has 0 spiro atoms. The van der Waals surface area contributed by atoms with Gasteiger partial charge in [-0.25, -0.2) is 0 Å². The molecule has 0 bridgehead atoms. The largest absolute Gasteiger partial charge is 2.00 e. The van der Waals surface area contributed by atoms with Gasteiger partial charge in [0.25, 0.3) is 0 Å². The Balaban J connectivity index is -0.000000163. The summed E-state index contributed by atoms with van der Waals surface area (Å²) in [6.45, 7) is 0. The normalized spacial score (nSPS) is 15.8. The molecule has 0 aromatic heterocycles. The molecule has 3 heteroatoms. The van der Waals surface area contributed by atoms with Crippen molar-refractivity contribution in [3.63, 3.8) is 0 Å². The van der Waals surface area contributed by atoms with Crippen molar-refractivity contribution in [2.45, 2.75) is 6.42 Å². The zero-order valence-electron chi connectivity index (χ0n) is 6.72. The predicted molar refractivity (Wildman–Crippen MR) is 37.1 cm³/mol. The molecule has 42 valence electrons. The smallest absolute Gasteiger partial charge is 1.00 e. The van der Waals surface area contributed by atoms with Crippen LogP contribution in [0, 0.1) is 0 Å². The van der Waals surface area contributed by atoms with Crippen LogP contribution in [-0.2, 0) is 0 Å². The minimum atomic E-state index is 0. The minimum Gasteiger partial charge on any atom is -1.00 e. The van der Waals surface area contributed by atoms with Crippen molar-refractivity contribution in [3.05, 3.63) is 24.2 Å². The maximum atomic E-state index is 5.33. The quantitative estimate of drug-likeness (QED) is 0.467. The fourth-order valence-electron chi connectivity index (χ4n) is 0.477. The third kappa shape index (κ3) is 2.60. The van der Waals surface area contributed by atoms with Crippen molar-refractivity contribution in [2.24, 2.45) is 5.73 Å². The summed E-state index contributed by atoms with van der Waals surface area (Å²) in [5, 5.41) is 2.84. The van der Waals surface area contributed by atoms with E-state index in [1.807, 2.05) is 18.4 Å². The van der Waals surface area contributed by atoms with Gasteiger partial charge in [0.05, 0.1) is 5.82 Å². The van der Waals surface area contributed by atoms with Gasteiger partial charge >= 0.3 is 37.7 Å². The van der Waals surface area contributed by atoms with Gasteiger partial charge in [-0.2, -0.15) is 0 Å². The molecule has 1 heterocycles. The van der Waals surface area contributed by atoms with E-state index in [2.05, 4.69) is 5.32 Å². The van der Waals surface area contributed by atoms with Gasteiger partial charge in [0.15, 0.2) is 0 Å². The van der Waals surface area contributed by atoms with E-state index < -0.39 is 0 Å². The molecule has 2 nitrogen and oxygen atoms in total. The Hall–Kier alpha value is 0.340. The van der Waals surface area contributed by atoms with Gasteiger partial charge in [-0.05, 0) is 18.7 Å². The summed E-state index contributed by atoms with van der Waals surface area (Å²) in [5.74, 6) is 0.752. The Morgan fingerprint density at radius 1 is 1.75 bits per heavy atom. The van der Waals surface area contributed by atoms with Crippen LogP contribution >= 0.6 is 0 Å². The van der Waals surface area contributed by atoms with Gasteiger partial charge in [-0.3, -0.25) is 0 Å². The summed E-state index contributed by atoms with van der Waals surface area (Å²) in [5.41, 5.74) is 5.33. The summed E-state index contributed by atoms with van der Waals surface area (Å²) in [7, 11) is 0. The van der Waals surface area contributed by atoms with Gasteiger partial charge in [0, 0.05) is 0 Å². The van der Waals surface area contributed by atoms with Crippen LogP contribution in [0.5, 0.6) is 0 Å². The van der Waals surface area contributed by atoms with Gasteiger partial charge in [-0.15, -0.1) is 0 Å². The molecule has 3 N–H and O–H groups in total. The monoisotopic (exact) mass is 138 g/mol. The van der Waals surface area contributed by atoms with Crippen LogP contribution in [0.25, 0.3) is 0 Å². The van der Waals surface area contributed by atoms with E-state index in [0.717, 1.165) is 12.2 Å². The van der Waals surface area contributed by atoms with Crippen molar-refractivity contribution in [3.8, 4) is 0 Å². The van der Waals surface area contributed by atoms with Crippen LogP contribution in [0.1, 0.15) is 9.27 Å². The Morgan fingerprint density at radius 3 is 2.75 bits per heavy atom. The molecule has 1 aliphatic rings. The van der Waals surface area contributed by atoms with Crippen molar-refractivity contribution in [2.75, 3.05) is 0 Å². The molecule has 1 rings (SSSR count). The van der Waals surface area contributed by atoms with Crippen LogP contribution in [-0.4, -0.2) is 37.7 Å². The van der Waals surface area contributed by atoms with E-state index in [0.29, 0.717) is 0 Å². The number of nitrogens with two attached hydrogens (primary N) is 1. The molecule has 0 aromatic carbocycles. The predicted octanol–water partition coefficient (Wildman–Crippen LogP) is 0.138. The Labute approximate surface area is 81.8 Å². The van der Waals surface area contributed by atoms with E-state index in [9.17, 15) is 0 Å². The maximum Gasteiger partial charge on any atom is 2.00 e. The summed E-state index contributed by atoms with van der Waals surface area (Å²) in [6.07, 6.45) is 6.74. The second-order valence-corrected chi connectivity index (χ2v) is 1.44. The van der Waals surface area contributed by atoms with E-state index in [1.54, 1.807) is 0 Å². The standard InChI is InChI=1S/C5H8N2.Ca.2H/c6-5-3-1-2-4-7-5;;;/h2-4,7H,1,6H2;;;/q;+2;2*-1. The molecule has 0 aromatic rings. The first-order valence-corrected chi connectivity index (χ1v) is 2.27. The van der Waals surface area contributed by atoms with E-state index >= 15 is 0 Å². The molecule has 0 amide bonds. The number of allylic oxidation sites excluding steroid dienone is 2. The molecule has 0 unspecified atom stereocenters. The summed E-state index contributed by atoms with van der Waals surface area (Å²) < 4.78 is 0. The third-order valence-electron chi connectivity index (χ3n) is 0.842. The Bertz CT molecular complexity index is 125. The molecule has 0 saturated carbocycles. The van der Waals surface area contributed by atoms with E-state index in [4.69, 9.17) is 5.73 Å². The van der Waals surface area contributed by atoms with Crippen molar-refractivity contribution in [1.82, 2.24) is 5.32 Å². The molecule has 0 atom stereocenters. The zero-order valence-corrected chi connectivity index (χ0v) is 6.93. The van der Waals surface area contributed by atoms with E-state index in [1.165, 1.54) is 0 Å².